The predicted octanol–water partition coefficient (Wildman–Crippen LogP) is 3.59. The third-order valence-corrected chi connectivity index (χ3v) is 4.93. The van der Waals surface area contributed by atoms with Crippen LogP contribution >= 0.6 is 0 Å². The molecule has 0 unspecified atom stereocenters. The highest BCUT2D eigenvalue weighted by molar-refractivity contribution is 5.77. The van der Waals surface area contributed by atoms with Crippen LogP contribution < -0.4 is 9.47 Å². The lowest BCUT2D eigenvalue weighted by molar-refractivity contribution is -0.135. The Kier molecular flexibility index (Phi) is 7.73. The van der Waals surface area contributed by atoms with Crippen LogP contribution in [0.2, 0.25) is 0 Å². The zero-order valence-corrected chi connectivity index (χ0v) is 16.7. The van der Waals surface area contributed by atoms with E-state index in [9.17, 15) is 4.79 Å². The lowest BCUT2D eigenvalue weighted by Crippen LogP contribution is -2.49. The summed E-state index contributed by atoms with van der Waals surface area (Å²) in [6, 6.07) is 17.9. The number of carbonyl (C=O) groups is 1. The monoisotopic (exact) mass is 382 g/mol. The van der Waals surface area contributed by atoms with Gasteiger partial charge in [0.1, 0.15) is 11.5 Å². The van der Waals surface area contributed by atoms with Crippen molar-refractivity contribution in [3.63, 3.8) is 0 Å². The standard InChI is InChI=1S/C23H30N2O3/c1-2-3-17-27-21-9-11-22(12-10-21)28-19-23(26)25-15-13-24(14-16-25)18-20-7-5-4-6-8-20/h4-12H,2-3,13-19H2,1H3. The molecule has 1 aliphatic rings. The van der Waals surface area contributed by atoms with E-state index in [1.807, 2.05) is 35.2 Å². The van der Waals surface area contributed by atoms with Gasteiger partial charge in [-0.05, 0) is 36.2 Å². The second-order valence-electron chi connectivity index (χ2n) is 7.10. The summed E-state index contributed by atoms with van der Waals surface area (Å²) in [6.45, 7) is 7.17. The van der Waals surface area contributed by atoms with Crippen LogP contribution in [0.4, 0.5) is 0 Å². The van der Waals surface area contributed by atoms with Crippen LogP contribution in [0.25, 0.3) is 0 Å². The Labute approximate surface area is 167 Å². The number of hydrogen-bond acceptors (Lipinski definition) is 4. The van der Waals surface area contributed by atoms with E-state index < -0.39 is 0 Å². The van der Waals surface area contributed by atoms with Crippen molar-refractivity contribution < 1.29 is 14.3 Å². The lowest BCUT2D eigenvalue weighted by Gasteiger charge is -2.34. The fourth-order valence-electron chi connectivity index (χ4n) is 3.20. The Morgan fingerprint density at radius 3 is 2.18 bits per heavy atom. The van der Waals surface area contributed by atoms with Gasteiger partial charge >= 0.3 is 0 Å². The Morgan fingerprint density at radius 1 is 0.893 bits per heavy atom. The number of rotatable bonds is 9. The first-order chi connectivity index (χ1) is 13.7. The number of nitrogens with zero attached hydrogens (tertiary/aromatic N) is 2. The second-order valence-corrected chi connectivity index (χ2v) is 7.10. The molecule has 2 aromatic rings. The molecule has 0 aromatic heterocycles. The van der Waals surface area contributed by atoms with E-state index in [2.05, 4.69) is 36.1 Å². The predicted molar refractivity (Wildman–Crippen MR) is 111 cm³/mol. The maximum absolute atomic E-state index is 12.4. The summed E-state index contributed by atoms with van der Waals surface area (Å²) in [6.07, 6.45) is 2.16. The minimum atomic E-state index is 0.0441. The maximum atomic E-state index is 12.4. The van der Waals surface area contributed by atoms with Gasteiger partial charge in [0, 0.05) is 32.7 Å². The SMILES string of the molecule is CCCCOc1ccc(OCC(=O)N2CCN(Cc3ccccc3)CC2)cc1. The Balaban J connectivity index is 1.37. The zero-order chi connectivity index (χ0) is 19.6. The van der Waals surface area contributed by atoms with Gasteiger partial charge in [-0.25, -0.2) is 0 Å². The minimum Gasteiger partial charge on any atom is -0.494 e. The van der Waals surface area contributed by atoms with Crippen molar-refractivity contribution in [2.45, 2.75) is 26.3 Å². The van der Waals surface area contributed by atoms with E-state index in [0.717, 1.165) is 57.9 Å². The molecule has 0 atom stereocenters. The molecule has 1 amide bonds. The molecule has 5 nitrogen and oxygen atoms in total. The van der Waals surface area contributed by atoms with Crippen LogP contribution in [0.15, 0.2) is 54.6 Å². The maximum Gasteiger partial charge on any atom is 0.260 e. The molecule has 0 saturated carbocycles. The van der Waals surface area contributed by atoms with Crippen LogP contribution in [0.3, 0.4) is 0 Å². The molecule has 0 aliphatic carbocycles. The topological polar surface area (TPSA) is 42.0 Å². The highest BCUT2D eigenvalue weighted by Crippen LogP contribution is 2.18. The van der Waals surface area contributed by atoms with Crippen LogP contribution in [0, 0.1) is 0 Å². The number of benzene rings is 2. The molecular weight excluding hydrogens is 352 g/mol. The molecule has 0 bridgehead atoms. The first-order valence-electron chi connectivity index (χ1n) is 10.1. The summed E-state index contributed by atoms with van der Waals surface area (Å²) in [4.78, 5) is 16.7. The van der Waals surface area contributed by atoms with Gasteiger partial charge in [0.15, 0.2) is 6.61 Å². The summed E-state index contributed by atoms with van der Waals surface area (Å²) in [7, 11) is 0. The van der Waals surface area contributed by atoms with Crippen LogP contribution in [0.5, 0.6) is 11.5 Å². The van der Waals surface area contributed by atoms with Crippen molar-refractivity contribution in [1.29, 1.82) is 0 Å². The van der Waals surface area contributed by atoms with Crippen molar-refractivity contribution >= 4 is 5.91 Å². The Morgan fingerprint density at radius 2 is 1.54 bits per heavy atom. The Hall–Kier alpha value is -2.53. The number of hydrogen-bond donors (Lipinski definition) is 0. The quantitative estimate of drug-likeness (QED) is 0.622. The average Bonchev–Trinajstić information content (AvgIpc) is 2.74. The van der Waals surface area contributed by atoms with Gasteiger partial charge in [0.05, 0.1) is 6.61 Å². The van der Waals surface area contributed by atoms with E-state index in [4.69, 9.17) is 9.47 Å². The fraction of sp³-hybridized carbons (Fsp3) is 0.435. The van der Waals surface area contributed by atoms with E-state index in [1.165, 1.54) is 5.56 Å². The molecule has 1 aliphatic heterocycles. The smallest absolute Gasteiger partial charge is 0.260 e. The van der Waals surface area contributed by atoms with E-state index in [1.54, 1.807) is 0 Å². The third kappa shape index (κ3) is 6.27. The van der Waals surface area contributed by atoms with Crippen molar-refractivity contribution in [1.82, 2.24) is 9.80 Å². The van der Waals surface area contributed by atoms with Crippen LogP contribution in [-0.4, -0.2) is 55.1 Å². The number of amides is 1. The number of piperazine rings is 1. The fourth-order valence-corrected chi connectivity index (χ4v) is 3.20. The molecule has 1 saturated heterocycles. The zero-order valence-electron chi connectivity index (χ0n) is 16.7. The molecule has 1 fully saturated rings. The number of unbranched alkanes of at least 4 members (excludes halogenated alkanes) is 1. The molecule has 150 valence electrons. The summed E-state index contributed by atoms with van der Waals surface area (Å²) < 4.78 is 11.3. The number of carbonyl (C=O) groups excluding carboxylic acids is 1. The average molecular weight is 383 g/mol. The van der Waals surface area contributed by atoms with Gasteiger partial charge in [-0.2, -0.15) is 0 Å². The molecular formula is C23H30N2O3. The normalized spacial score (nSPS) is 14.7. The van der Waals surface area contributed by atoms with Gasteiger partial charge in [-0.3, -0.25) is 9.69 Å². The van der Waals surface area contributed by atoms with Crippen LogP contribution in [0.1, 0.15) is 25.3 Å². The molecule has 28 heavy (non-hydrogen) atoms. The summed E-state index contributed by atoms with van der Waals surface area (Å²) in [5.41, 5.74) is 1.31. The highest BCUT2D eigenvalue weighted by Gasteiger charge is 2.21. The second kappa shape index (κ2) is 10.7. The lowest BCUT2D eigenvalue weighted by atomic mass is 10.2. The van der Waals surface area contributed by atoms with E-state index in [0.29, 0.717) is 5.75 Å². The number of ether oxygens (including phenoxy) is 2. The van der Waals surface area contributed by atoms with Crippen LogP contribution in [-0.2, 0) is 11.3 Å². The summed E-state index contributed by atoms with van der Waals surface area (Å²) >= 11 is 0. The third-order valence-electron chi connectivity index (χ3n) is 4.93. The molecule has 0 spiro atoms. The van der Waals surface area contributed by atoms with E-state index >= 15 is 0 Å². The molecule has 3 rings (SSSR count). The first kappa shape index (κ1) is 20.2. The first-order valence-corrected chi connectivity index (χ1v) is 10.1. The summed E-state index contributed by atoms with van der Waals surface area (Å²) in [5.74, 6) is 1.57. The van der Waals surface area contributed by atoms with Crippen molar-refractivity contribution in [3.05, 3.63) is 60.2 Å². The minimum absolute atomic E-state index is 0.0441. The van der Waals surface area contributed by atoms with Crippen molar-refractivity contribution in [2.75, 3.05) is 39.4 Å². The molecule has 1 heterocycles. The van der Waals surface area contributed by atoms with Crippen molar-refractivity contribution in [3.8, 4) is 11.5 Å². The Bertz CT molecular complexity index is 710. The highest BCUT2D eigenvalue weighted by atomic mass is 16.5. The van der Waals surface area contributed by atoms with Gasteiger partial charge in [-0.15, -0.1) is 0 Å². The summed E-state index contributed by atoms with van der Waals surface area (Å²) in [5, 5.41) is 0. The van der Waals surface area contributed by atoms with Gasteiger partial charge in [0.2, 0.25) is 0 Å². The van der Waals surface area contributed by atoms with Gasteiger partial charge < -0.3 is 14.4 Å². The molecule has 2 aromatic carbocycles. The molecule has 0 N–H and O–H groups in total. The molecule has 0 radical (unpaired) electrons. The largest absolute Gasteiger partial charge is 0.494 e. The van der Waals surface area contributed by atoms with Gasteiger partial charge in [0.25, 0.3) is 5.91 Å². The van der Waals surface area contributed by atoms with Crippen molar-refractivity contribution in [2.24, 2.45) is 0 Å². The van der Waals surface area contributed by atoms with E-state index in [-0.39, 0.29) is 12.5 Å². The van der Waals surface area contributed by atoms with Gasteiger partial charge in [-0.1, -0.05) is 43.7 Å². The molecule has 5 heteroatoms.